The van der Waals surface area contributed by atoms with Crippen molar-refractivity contribution in [3.8, 4) is 0 Å². The van der Waals surface area contributed by atoms with Gasteiger partial charge in [0.2, 0.25) is 11.8 Å². The molecule has 0 saturated carbocycles. The molecule has 22 heavy (non-hydrogen) atoms. The average molecular weight is 314 g/mol. The zero-order chi connectivity index (χ0) is 16.3. The molecule has 1 aromatic carbocycles. The molecule has 1 heterocycles. The minimum atomic E-state index is -4.56. The van der Waals surface area contributed by atoms with Gasteiger partial charge in [0.1, 0.15) is 12.5 Å². The number of alkyl halides is 3. The van der Waals surface area contributed by atoms with Gasteiger partial charge in [-0.1, -0.05) is 29.8 Å². The first-order valence-electron chi connectivity index (χ1n) is 6.95. The predicted molar refractivity (Wildman–Crippen MR) is 73.8 cm³/mol. The molecule has 1 fully saturated rings. The van der Waals surface area contributed by atoms with E-state index in [1.807, 2.05) is 31.2 Å². The summed E-state index contributed by atoms with van der Waals surface area (Å²) in [6.45, 7) is 2.77. The van der Waals surface area contributed by atoms with E-state index in [1.165, 1.54) is 0 Å². The number of nitrogens with zero attached hydrogens (tertiary/aromatic N) is 1. The van der Waals surface area contributed by atoms with Gasteiger partial charge in [0.05, 0.1) is 0 Å². The van der Waals surface area contributed by atoms with Crippen molar-refractivity contribution in [2.45, 2.75) is 38.5 Å². The van der Waals surface area contributed by atoms with E-state index < -0.39 is 24.5 Å². The first-order valence-corrected chi connectivity index (χ1v) is 6.95. The van der Waals surface area contributed by atoms with Gasteiger partial charge in [-0.05, 0) is 18.9 Å². The van der Waals surface area contributed by atoms with Crippen LogP contribution < -0.4 is 5.32 Å². The topological polar surface area (TPSA) is 49.4 Å². The van der Waals surface area contributed by atoms with Gasteiger partial charge in [-0.2, -0.15) is 13.2 Å². The Kier molecular flexibility index (Phi) is 4.73. The van der Waals surface area contributed by atoms with Crippen molar-refractivity contribution in [2.24, 2.45) is 0 Å². The van der Waals surface area contributed by atoms with Crippen molar-refractivity contribution in [1.82, 2.24) is 10.2 Å². The molecule has 1 atom stereocenters. The Hall–Kier alpha value is -2.05. The molecule has 0 radical (unpaired) electrons. The van der Waals surface area contributed by atoms with Gasteiger partial charge >= 0.3 is 6.18 Å². The molecule has 7 heteroatoms. The monoisotopic (exact) mass is 314 g/mol. The lowest BCUT2D eigenvalue weighted by atomic mass is 10.1. The molecule has 1 N–H and O–H groups in total. The summed E-state index contributed by atoms with van der Waals surface area (Å²) in [5.74, 6) is -1.50. The second-order valence-electron chi connectivity index (χ2n) is 5.45. The maximum atomic E-state index is 12.1. The standard InChI is InChI=1S/C15H17F3N2O2/c1-10-2-4-11(5-3-10)9-20-7-6-12(14(20)22)19-13(21)8-15(16,17)18/h2-5,12H,6-9H2,1H3,(H,19,21)/t12-/m1/s1. The number of hydrogen-bond acceptors (Lipinski definition) is 2. The van der Waals surface area contributed by atoms with Crippen LogP contribution in [0.4, 0.5) is 13.2 Å². The lowest BCUT2D eigenvalue weighted by Crippen LogP contribution is -2.42. The molecular formula is C15H17F3N2O2. The van der Waals surface area contributed by atoms with E-state index >= 15 is 0 Å². The van der Waals surface area contributed by atoms with E-state index in [2.05, 4.69) is 5.32 Å². The fourth-order valence-corrected chi connectivity index (χ4v) is 2.37. The third kappa shape index (κ3) is 4.47. The zero-order valence-electron chi connectivity index (χ0n) is 12.1. The zero-order valence-corrected chi connectivity index (χ0v) is 12.1. The van der Waals surface area contributed by atoms with Crippen molar-refractivity contribution in [3.63, 3.8) is 0 Å². The second kappa shape index (κ2) is 6.37. The molecule has 0 aliphatic carbocycles. The van der Waals surface area contributed by atoms with Crippen LogP contribution in [-0.4, -0.2) is 35.5 Å². The van der Waals surface area contributed by atoms with Crippen LogP contribution in [0.5, 0.6) is 0 Å². The quantitative estimate of drug-likeness (QED) is 0.926. The minimum Gasteiger partial charge on any atom is -0.344 e. The van der Waals surface area contributed by atoms with Crippen LogP contribution >= 0.6 is 0 Å². The first kappa shape index (κ1) is 16.3. The smallest absolute Gasteiger partial charge is 0.344 e. The largest absolute Gasteiger partial charge is 0.397 e. The Balaban J connectivity index is 1.89. The van der Waals surface area contributed by atoms with Crippen LogP contribution in [0.1, 0.15) is 24.0 Å². The van der Waals surface area contributed by atoms with Crippen LogP contribution in [0, 0.1) is 6.92 Å². The number of benzene rings is 1. The van der Waals surface area contributed by atoms with Crippen LogP contribution in [0.3, 0.4) is 0 Å². The minimum absolute atomic E-state index is 0.328. The van der Waals surface area contributed by atoms with E-state index in [1.54, 1.807) is 4.90 Å². The molecule has 2 rings (SSSR count). The van der Waals surface area contributed by atoms with Gasteiger partial charge in [0, 0.05) is 13.1 Å². The van der Waals surface area contributed by atoms with E-state index in [0.717, 1.165) is 11.1 Å². The number of aryl methyl sites for hydroxylation is 1. The van der Waals surface area contributed by atoms with Gasteiger partial charge in [-0.3, -0.25) is 9.59 Å². The molecule has 1 saturated heterocycles. The van der Waals surface area contributed by atoms with Gasteiger partial charge in [-0.25, -0.2) is 0 Å². The maximum Gasteiger partial charge on any atom is 0.397 e. The van der Waals surface area contributed by atoms with E-state index in [-0.39, 0.29) is 5.91 Å². The van der Waals surface area contributed by atoms with Crippen LogP contribution in [0.15, 0.2) is 24.3 Å². The van der Waals surface area contributed by atoms with Crippen LogP contribution in [0.25, 0.3) is 0 Å². The van der Waals surface area contributed by atoms with Crippen LogP contribution in [0.2, 0.25) is 0 Å². The Bertz CT molecular complexity index is 555. The summed E-state index contributed by atoms with van der Waals surface area (Å²) in [4.78, 5) is 24.9. The molecule has 0 bridgehead atoms. The molecule has 0 aromatic heterocycles. The first-order chi connectivity index (χ1) is 10.2. The van der Waals surface area contributed by atoms with Crippen molar-refractivity contribution in [1.29, 1.82) is 0 Å². The Morgan fingerprint density at radius 2 is 1.95 bits per heavy atom. The van der Waals surface area contributed by atoms with Crippen molar-refractivity contribution in [3.05, 3.63) is 35.4 Å². The number of likely N-dealkylation sites (tertiary alicyclic amines) is 1. The number of carbonyl (C=O) groups is 2. The molecule has 1 aliphatic heterocycles. The summed E-state index contributed by atoms with van der Waals surface area (Å²) in [6, 6.07) is 6.80. The summed E-state index contributed by atoms with van der Waals surface area (Å²) < 4.78 is 36.4. The van der Waals surface area contributed by atoms with Gasteiger partial charge < -0.3 is 10.2 Å². The maximum absolute atomic E-state index is 12.1. The van der Waals surface area contributed by atoms with Crippen molar-refractivity contribution in [2.75, 3.05) is 6.54 Å². The van der Waals surface area contributed by atoms with E-state index in [9.17, 15) is 22.8 Å². The fraction of sp³-hybridized carbons (Fsp3) is 0.467. The molecular weight excluding hydrogens is 297 g/mol. The average Bonchev–Trinajstić information content (AvgIpc) is 2.72. The predicted octanol–water partition coefficient (Wildman–Crippen LogP) is 2.16. The van der Waals surface area contributed by atoms with Gasteiger partial charge in [0.25, 0.3) is 0 Å². The Morgan fingerprint density at radius 3 is 2.55 bits per heavy atom. The highest BCUT2D eigenvalue weighted by molar-refractivity contribution is 5.89. The number of nitrogens with one attached hydrogen (secondary N) is 1. The highest BCUT2D eigenvalue weighted by Gasteiger charge is 2.36. The molecule has 1 aromatic rings. The van der Waals surface area contributed by atoms with Crippen molar-refractivity contribution >= 4 is 11.8 Å². The molecule has 120 valence electrons. The van der Waals surface area contributed by atoms with Gasteiger partial charge in [-0.15, -0.1) is 0 Å². The summed E-state index contributed by atoms with van der Waals surface area (Å²) in [5, 5.41) is 2.16. The number of halogens is 3. The number of rotatable bonds is 4. The fourth-order valence-electron chi connectivity index (χ4n) is 2.37. The number of carbonyl (C=O) groups excluding carboxylic acids is 2. The van der Waals surface area contributed by atoms with E-state index in [0.29, 0.717) is 19.5 Å². The third-order valence-corrected chi connectivity index (χ3v) is 3.49. The SMILES string of the molecule is Cc1ccc(CN2CC[C@@H](NC(=O)CC(F)(F)F)C2=O)cc1. The summed E-state index contributed by atoms with van der Waals surface area (Å²) in [7, 11) is 0. The normalized spacial score (nSPS) is 18.6. The highest BCUT2D eigenvalue weighted by atomic mass is 19.4. The second-order valence-corrected chi connectivity index (χ2v) is 5.45. The molecule has 1 aliphatic rings. The number of hydrogen-bond donors (Lipinski definition) is 1. The molecule has 0 spiro atoms. The molecule has 0 unspecified atom stereocenters. The summed E-state index contributed by atoms with van der Waals surface area (Å²) >= 11 is 0. The Labute approximate surface area is 126 Å². The number of amides is 2. The van der Waals surface area contributed by atoms with Crippen molar-refractivity contribution < 1.29 is 22.8 Å². The lowest BCUT2D eigenvalue weighted by Gasteiger charge is -2.17. The summed E-state index contributed by atoms with van der Waals surface area (Å²) in [5.41, 5.74) is 2.05. The third-order valence-electron chi connectivity index (χ3n) is 3.49. The summed E-state index contributed by atoms with van der Waals surface area (Å²) in [6.07, 6.45) is -5.80. The molecule has 2 amide bonds. The Morgan fingerprint density at radius 1 is 1.32 bits per heavy atom. The molecule has 4 nitrogen and oxygen atoms in total. The van der Waals surface area contributed by atoms with Gasteiger partial charge in [0.15, 0.2) is 0 Å². The van der Waals surface area contributed by atoms with Crippen LogP contribution in [-0.2, 0) is 16.1 Å². The van der Waals surface area contributed by atoms with E-state index in [4.69, 9.17) is 0 Å². The highest BCUT2D eigenvalue weighted by Crippen LogP contribution is 2.20. The lowest BCUT2D eigenvalue weighted by molar-refractivity contribution is -0.155.